The second-order valence-corrected chi connectivity index (χ2v) is 7.05. The van der Waals surface area contributed by atoms with Gasteiger partial charge >= 0.3 is 5.97 Å². The van der Waals surface area contributed by atoms with Crippen LogP contribution in [0.3, 0.4) is 0 Å². The second kappa shape index (κ2) is 12.2. The summed E-state index contributed by atoms with van der Waals surface area (Å²) in [6.07, 6.45) is 12.3. The van der Waals surface area contributed by atoms with Crippen molar-refractivity contribution < 1.29 is 25.2 Å². The Labute approximate surface area is 151 Å². The SMILES string of the molecule is CCCCC=CCC1C(O)CC(O)C1C=CC(O)CCCCC(=O)O. The zero-order valence-electron chi connectivity index (χ0n) is 15.3. The molecule has 0 aliphatic heterocycles. The van der Waals surface area contributed by atoms with Crippen LogP contribution in [-0.2, 0) is 4.79 Å². The Kier molecular flexibility index (Phi) is 10.7. The van der Waals surface area contributed by atoms with E-state index in [0.29, 0.717) is 25.7 Å². The van der Waals surface area contributed by atoms with Crippen molar-refractivity contribution in [2.24, 2.45) is 11.8 Å². The number of unbranched alkanes of at least 4 members (excludes halogenated alkanes) is 3. The minimum absolute atomic E-state index is 0.0247. The number of hydrogen-bond acceptors (Lipinski definition) is 4. The van der Waals surface area contributed by atoms with Crippen LogP contribution in [-0.4, -0.2) is 44.7 Å². The van der Waals surface area contributed by atoms with Gasteiger partial charge in [0.1, 0.15) is 0 Å². The maximum atomic E-state index is 10.5. The van der Waals surface area contributed by atoms with Gasteiger partial charge in [0, 0.05) is 18.8 Å². The lowest BCUT2D eigenvalue weighted by molar-refractivity contribution is -0.137. The molecule has 1 aliphatic rings. The molecule has 0 amide bonds. The molecular formula is C20H34O5. The molecule has 0 aromatic carbocycles. The van der Waals surface area contributed by atoms with Crippen molar-refractivity contribution in [2.45, 2.75) is 83.0 Å². The molecule has 5 nitrogen and oxygen atoms in total. The normalized spacial score (nSPS) is 28.2. The van der Waals surface area contributed by atoms with E-state index in [2.05, 4.69) is 19.1 Å². The van der Waals surface area contributed by atoms with Gasteiger partial charge in [-0.25, -0.2) is 0 Å². The maximum absolute atomic E-state index is 10.5. The molecule has 1 fully saturated rings. The summed E-state index contributed by atoms with van der Waals surface area (Å²) < 4.78 is 0. The zero-order valence-corrected chi connectivity index (χ0v) is 15.3. The highest BCUT2D eigenvalue weighted by Crippen LogP contribution is 2.36. The number of aliphatic carboxylic acids is 1. The van der Waals surface area contributed by atoms with Crippen LogP contribution >= 0.6 is 0 Å². The number of rotatable bonds is 12. The van der Waals surface area contributed by atoms with E-state index in [1.807, 2.05) is 6.08 Å². The number of carboxylic acid groups (broad SMARTS) is 1. The van der Waals surface area contributed by atoms with Crippen molar-refractivity contribution in [2.75, 3.05) is 0 Å². The number of allylic oxidation sites excluding steroid dienone is 2. The second-order valence-electron chi connectivity index (χ2n) is 7.05. The van der Waals surface area contributed by atoms with Gasteiger partial charge in [-0.3, -0.25) is 4.79 Å². The van der Waals surface area contributed by atoms with E-state index in [-0.39, 0.29) is 18.3 Å². The van der Waals surface area contributed by atoms with Crippen LogP contribution in [0.5, 0.6) is 0 Å². The molecule has 5 atom stereocenters. The molecule has 0 radical (unpaired) electrons. The first-order chi connectivity index (χ1) is 12.0. The molecule has 0 aromatic heterocycles. The molecule has 0 heterocycles. The number of hydrogen-bond donors (Lipinski definition) is 4. The summed E-state index contributed by atoms with van der Waals surface area (Å²) in [5.41, 5.74) is 0. The minimum Gasteiger partial charge on any atom is -0.481 e. The molecule has 1 rings (SSSR count). The molecule has 0 spiro atoms. The van der Waals surface area contributed by atoms with Crippen molar-refractivity contribution in [3.8, 4) is 0 Å². The van der Waals surface area contributed by atoms with Gasteiger partial charge in [-0.15, -0.1) is 0 Å². The van der Waals surface area contributed by atoms with Gasteiger partial charge in [0.25, 0.3) is 0 Å². The van der Waals surface area contributed by atoms with Gasteiger partial charge < -0.3 is 20.4 Å². The minimum atomic E-state index is -0.817. The zero-order chi connectivity index (χ0) is 18.7. The van der Waals surface area contributed by atoms with Gasteiger partial charge in [0.05, 0.1) is 18.3 Å². The summed E-state index contributed by atoms with van der Waals surface area (Å²) in [4.78, 5) is 10.5. The molecule has 0 bridgehead atoms. The van der Waals surface area contributed by atoms with E-state index in [9.17, 15) is 20.1 Å². The lowest BCUT2D eigenvalue weighted by Gasteiger charge is -2.19. The summed E-state index contributed by atoms with van der Waals surface area (Å²) in [5, 5.41) is 38.9. The van der Waals surface area contributed by atoms with E-state index < -0.39 is 24.3 Å². The third-order valence-corrected chi connectivity index (χ3v) is 4.91. The smallest absolute Gasteiger partial charge is 0.303 e. The van der Waals surface area contributed by atoms with Crippen LogP contribution < -0.4 is 0 Å². The Balaban J connectivity index is 2.45. The van der Waals surface area contributed by atoms with Gasteiger partial charge in [-0.05, 0) is 38.0 Å². The highest BCUT2D eigenvalue weighted by molar-refractivity contribution is 5.66. The Morgan fingerprint density at radius 3 is 2.60 bits per heavy atom. The number of carbonyl (C=O) groups is 1. The summed E-state index contributed by atoms with van der Waals surface area (Å²) >= 11 is 0. The summed E-state index contributed by atoms with van der Waals surface area (Å²) in [7, 11) is 0. The fraction of sp³-hybridized carbons (Fsp3) is 0.750. The third kappa shape index (κ3) is 8.66. The van der Waals surface area contributed by atoms with Gasteiger partial charge in [-0.2, -0.15) is 0 Å². The molecule has 144 valence electrons. The monoisotopic (exact) mass is 354 g/mol. The highest BCUT2D eigenvalue weighted by Gasteiger charge is 2.39. The van der Waals surface area contributed by atoms with E-state index in [1.54, 1.807) is 6.08 Å². The predicted molar refractivity (Wildman–Crippen MR) is 98.1 cm³/mol. The Hall–Kier alpha value is -1.17. The summed E-state index contributed by atoms with van der Waals surface area (Å²) in [5.74, 6) is -0.995. The molecule has 5 unspecified atom stereocenters. The molecule has 5 heteroatoms. The lowest BCUT2D eigenvalue weighted by Crippen LogP contribution is -2.20. The number of aliphatic hydroxyl groups excluding tert-OH is 3. The van der Waals surface area contributed by atoms with Crippen molar-refractivity contribution in [1.29, 1.82) is 0 Å². The largest absolute Gasteiger partial charge is 0.481 e. The molecular weight excluding hydrogens is 320 g/mol. The van der Waals surface area contributed by atoms with E-state index in [0.717, 1.165) is 25.7 Å². The fourth-order valence-corrected chi connectivity index (χ4v) is 3.38. The van der Waals surface area contributed by atoms with Crippen LogP contribution in [0.4, 0.5) is 0 Å². The third-order valence-electron chi connectivity index (χ3n) is 4.91. The quantitative estimate of drug-likeness (QED) is 0.319. The molecule has 0 saturated heterocycles. The Morgan fingerprint density at radius 1 is 1.16 bits per heavy atom. The van der Waals surface area contributed by atoms with Crippen LogP contribution in [0.15, 0.2) is 24.3 Å². The lowest BCUT2D eigenvalue weighted by atomic mass is 9.89. The maximum Gasteiger partial charge on any atom is 0.303 e. The fourth-order valence-electron chi connectivity index (χ4n) is 3.38. The van der Waals surface area contributed by atoms with Crippen molar-refractivity contribution in [3.63, 3.8) is 0 Å². The summed E-state index contributed by atoms with van der Waals surface area (Å²) in [6, 6.07) is 0. The Morgan fingerprint density at radius 2 is 1.92 bits per heavy atom. The van der Waals surface area contributed by atoms with Crippen molar-refractivity contribution >= 4 is 5.97 Å². The summed E-state index contributed by atoms with van der Waals surface area (Å²) in [6.45, 7) is 2.15. The van der Waals surface area contributed by atoms with Crippen LogP contribution in [0, 0.1) is 11.8 Å². The predicted octanol–water partition coefficient (Wildman–Crippen LogP) is 3.04. The number of carboxylic acids is 1. The first-order valence-corrected chi connectivity index (χ1v) is 9.55. The van der Waals surface area contributed by atoms with Crippen molar-refractivity contribution in [3.05, 3.63) is 24.3 Å². The first-order valence-electron chi connectivity index (χ1n) is 9.55. The first kappa shape index (κ1) is 21.9. The van der Waals surface area contributed by atoms with Gasteiger partial charge in [-0.1, -0.05) is 44.1 Å². The van der Waals surface area contributed by atoms with Gasteiger partial charge in [0.15, 0.2) is 0 Å². The van der Waals surface area contributed by atoms with Gasteiger partial charge in [0.2, 0.25) is 0 Å². The average molecular weight is 354 g/mol. The van der Waals surface area contributed by atoms with Crippen LogP contribution in [0.2, 0.25) is 0 Å². The molecule has 1 aliphatic carbocycles. The van der Waals surface area contributed by atoms with E-state index >= 15 is 0 Å². The topological polar surface area (TPSA) is 98.0 Å². The van der Waals surface area contributed by atoms with Crippen molar-refractivity contribution in [1.82, 2.24) is 0 Å². The Bertz CT molecular complexity index is 432. The number of aliphatic hydroxyl groups is 3. The van der Waals surface area contributed by atoms with E-state index in [1.165, 1.54) is 0 Å². The molecule has 25 heavy (non-hydrogen) atoms. The molecule has 0 aromatic rings. The van der Waals surface area contributed by atoms with Crippen LogP contribution in [0.25, 0.3) is 0 Å². The molecule has 4 N–H and O–H groups in total. The highest BCUT2D eigenvalue weighted by atomic mass is 16.4. The van der Waals surface area contributed by atoms with E-state index in [4.69, 9.17) is 5.11 Å². The average Bonchev–Trinajstić information content (AvgIpc) is 2.82. The standard InChI is InChI=1S/C20H34O5/c1-2-3-4-5-6-10-16-17(19(23)14-18(16)22)13-12-15(21)9-7-8-11-20(24)25/h5-6,12-13,15-19,21-23H,2-4,7-11,14H2,1H3,(H,24,25). The van der Waals surface area contributed by atoms with Crippen LogP contribution in [0.1, 0.15) is 64.7 Å². The molecule has 1 saturated carbocycles.